The van der Waals surface area contributed by atoms with E-state index in [1.54, 1.807) is 42.9 Å². The van der Waals surface area contributed by atoms with Crippen molar-refractivity contribution >= 4 is 35.2 Å². The Balaban J connectivity index is 1.37. The predicted molar refractivity (Wildman–Crippen MR) is 149 cm³/mol. The van der Waals surface area contributed by atoms with E-state index in [0.717, 1.165) is 33.8 Å². The first-order chi connectivity index (χ1) is 19.3. The Morgan fingerprint density at radius 1 is 0.975 bits per heavy atom. The average Bonchev–Trinajstić information content (AvgIpc) is 2.96. The van der Waals surface area contributed by atoms with Crippen molar-refractivity contribution in [3.8, 4) is 11.3 Å². The van der Waals surface area contributed by atoms with Crippen molar-refractivity contribution < 1.29 is 24.6 Å². The van der Waals surface area contributed by atoms with Crippen molar-refractivity contribution in [1.29, 1.82) is 0 Å². The third-order valence-corrected chi connectivity index (χ3v) is 6.06. The number of hydrogen-bond donors (Lipinski definition) is 5. The Morgan fingerprint density at radius 2 is 1.77 bits per heavy atom. The first kappa shape index (κ1) is 27.7. The largest absolute Gasteiger partial charge is 0.481 e. The maximum absolute atomic E-state index is 12.5. The summed E-state index contributed by atoms with van der Waals surface area (Å²) in [7, 11) is 0. The fraction of sp³-hybridized carbons (Fsp3) is 0.172. The van der Waals surface area contributed by atoms with Gasteiger partial charge in [-0.1, -0.05) is 18.2 Å². The molecule has 40 heavy (non-hydrogen) atoms. The Morgan fingerprint density at radius 3 is 2.48 bits per heavy atom. The Bertz CT molecular complexity index is 1490. The molecule has 0 bridgehead atoms. The van der Waals surface area contributed by atoms with Crippen LogP contribution in [0.2, 0.25) is 0 Å². The van der Waals surface area contributed by atoms with Crippen LogP contribution in [-0.4, -0.2) is 49.1 Å². The summed E-state index contributed by atoms with van der Waals surface area (Å²) in [5.74, 6) is -2.53. The van der Waals surface area contributed by atoms with Gasteiger partial charge in [0, 0.05) is 54.1 Å². The van der Waals surface area contributed by atoms with Crippen LogP contribution in [-0.2, 0) is 16.1 Å². The molecule has 11 heteroatoms. The lowest BCUT2D eigenvalue weighted by Gasteiger charge is -2.14. The third kappa shape index (κ3) is 7.60. The Kier molecular flexibility index (Phi) is 8.98. The van der Waals surface area contributed by atoms with Crippen LogP contribution in [0.4, 0.5) is 17.3 Å². The van der Waals surface area contributed by atoms with E-state index in [1.807, 2.05) is 43.3 Å². The second-order valence-corrected chi connectivity index (χ2v) is 9.01. The van der Waals surface area contributed by atoms with E-state index in [9.17, 15) is 19.5 Å². The standard InChI is InChI=1S/C29H28N6O5/c1-18-4-9-22(33-29-31-14-12-23(35-29)21-3-2-13-30-17-21)15-25(18)32-16-19-5-7-20(8-6-19)27(38)34-24(28(39)40)10-11-26(36)37/h2-9,12-15,17,24,32H,10-11,16H2,1H3,(H,34,38)(H,36,37)(H,39,40)(H,31,33,35). The van der Waals surface area contributed by atoms with Crippen LogP contribution >= 0.6 is 0 Å². The highest BCUT2D eigenvalue weighted by Crippen LogP contribution is 2.24. The zero-order valence-electron chi connectivity index (χ0n) is 21.7. The number of nitrogens with zero attached hydrogens (tertiary/aromatic N) is 3. The summed E-state index contributed by atoms with van der Waals surface area (Å²) < 4.78 is 0. The van der Waals surface area contributed by atoms with E-state index in [-0.39, 0.29) is 18.4 Å². The summed E-state index contributed by atoms with van der Waals surface area (Å²) in [6.07, 6.45) is 4.58. The maximum Gasteiger partial charge on any atom is 0.326 e. The summed E-state index contributed by atoms with van der Waals surface area (Å²) in [5.41, 5.74) is 5.57. The van der Waals surface area contributed by atoms with E-state index in [1.165, 1.54) is 0 Å². The molecule has 0 spiro atoms. The van der Waals surface area contributed by atoms with Crippen molar-refractivity contribution in [3.63, 3.8) is 0 Å². The quantitative estimate of drug-likeness (QED) is 0.175. The Labute approximate surface area is 230 Å². The molecular formula is C29H28N6O5. The molecule has 2 heterocycles. The van der Waals surface area contributed by atoms with Crippen LogP contribution < -0.4 is 16.0 Å². The summed E-state index contributed by atoms with van der Waals surface area (Å²) in [4.78, 5) is 47.6. The van der Waals surface area contributed by atoms with Crippen molar-refractivity contribution in [1.82, 2.24) is 20.3 Å². The average molecular weight is 541 g/mol. The summed E-state index contributed by atoms with van der Waals surface area (Å²) in [6, 6.07) is 16.9. The number of aromatic nitrogens is 3. The smallest absolute Gasteiger partial charge is 0.326 e. The molecule has 0 radical (unpaired) electrons. The number of rotatable bonds is 12. The molecule has 0 saturated heterocycles. The fourth-order valence-electron chi connectivity index (χ4n) is 3.85. The molecule has 1 amide bonds. The van der Waals surface area contributed by atoms with Crippen LogP contribution in [0.5, 0.6) is 0 Å². The number of amides is 1. The summed E-state index contributed by atoms with van der Waals surface area (Å²) in [6.45, 7) is 2.47. The molecule has 2 aromatic carbocycles. The number of benzene rings is 2. The van der Waals surface area contributed by atoms with Gasteiger partial charge in [-0.25, -0.2) is 14.8 Å². The molecule has 0 saturated carbocycles. The molecule has 2 aromatic heterocycles. The topological polar surface area (TPSA) is 166 Å². The molecule has 0 fully saturated rings. The number of pyridine rings is 1. The van der Waals surface area contributed by atoms with Crippen molar-refractivity contribution in [2.45, 2.75) is 32.4 Å². The van der Waals surface area contributed by atoms with Crippen LogP contribution in [0.1, 0.15) is 34.3 Å². The molecule has 0 aliphatic rings. The highest BCUT2D eigenvalue weighted by atomic mass is 16.4. The van der Waals surface area contributed by atoms with Gasteiger partial charge in [-0.3, -0.25) is 14.6 Å². The highest BCUT2D eigenvalue weighted by Gasteiger charge is 2.21. The number of carbonyl (C=O) groups is 3. The molecule has 4 rings (SSSR count). The van der Waals surface area contributed by atoms with E-state index in [2.05, 4.69) is 30.9 Å². The van der Waals surface area contributed by atoms with Gasteiger partial charge in [-0.05, 0) is 66.9 Å². The van der Waals surface area contributed by atoms with Gasteiger partial charge in [0.15, 0.2) is 0 Å². The summed E-state index contributed by atoms with van der Waals surface area (Å²) >= 11 is 0. The van der Waals surface area contributed by atoms with Crippen molar-refractivity contribution in [3.05, 3.63) is 95.9 Å². The van der Waals surface area contributed by atoms with Gasteiger partial charge in [0.2, 0.25) is 5.95 Å². The molecule has 204 valence electrons. The van der Waals surface area contributed by atoms with Gasteiger partial charge >= 0.3 is 11.9 Å². The number of carboxylic acids is 2. The van der Waals surface area contributed by atoms with E-state index >= 15 is 0 Å². The normalized spacial score (nSPS) is 11.3. The van der Waals surface area contributed by atoms with Crippen molar-refractivity contribution in [2.75, 3.05) is 10.6 Å². The third-order valence-electron chi connectivity index (χ3n) is 6.06. The molecule has 0 aliphatic carbocycles. The van der Waals surface area contributed by atoms with Crippen LogP contribution in [0.15, 0.2) is 79.3 Å². The number of anilines is 3. The second kappa shape index (κ2) is 13.0. The molecule has 1 atom stereocenters. The maximum atomic E-state index is 12.5. The second-order valence-electron chi connectivity index (χ2n) is 9.01. The summed E-state index contributed by atoms with van der Waals surface area (Å²) in [5, 5.41) is 27.0. The lowest BCUT2D eigenvalue weighted by atomic mass is 10.1. The van der Waals surface area contributed by atoms with Crippen LogP contribution in [0, 0.1) is 6.92 Å². The zero-order valence-corrected chi connectivity index (χ0v) is 21.7. The van der Waals surface area contributed by atoms with Crippen LogP contribution in [0.3, 0.4) is 0 Å². The highest BCUT2D eigenvalue weighted by molar-refractivity contribution is 5.96. The van der Waals surface area contributed by atoms with Gasteiger partial charge in [0.05, 0.1) is 5.69 Å². The van der Waals surface area contributed by atoms with Gasteiger partial charge in [0.1, 0.15) is 6.04 Å². The van der Waals surface area contributed by atoms with Gasteiger partial charge in [-0.2, -0.15) is 0 Å². The minimum Gasteiger partial charge on any atom is -0.481 e. The van der Waals surface area contributed by atoms with Crippen LogP contribution in [0.25, 0.3) is 11.3 Å². The van der Waals surface area contributed by atoms with Gasteiger partial charge < -0.3 is 26.2 Å². The van der Waals surface area contributed by atoms with Crippen molar-refractivity contribution in [2.24, 2.45) is 0 Å². The minimum absolute atomic E-state index is 0.201. The molecule has 11 nitrogen and oxygen atoms in total. The first-order valence-electron chi connectivity index (χ1n) is 12.5. The van der Waals surface area contributed by atoms with E-state index < -0.39 is 23.9 Å². The fourth-order valence-corrected chi connectivity index (χ4v) is 3.85. The van der Waals surface area contributed by atoms with E-state index in [4.69, 9.17) is 5.11 Å². The van der Waals surface area contributed by atoms with E-state index in [0.29, 0.717) is 12.5 Å². The number of nitrogens with one attached hydrogen (secondary N) is 3. The molecule has 1 unspecified atom stereocenters. The number of hydrogen-bond acceptors (Lipinski definition) is 8. The Hall–Kier alpha value is -5.32. The first-order valence-corrected chi connectivity index (χ1v) is 12.5. The zero-order chi connectivity index (χ0) is 28.5. The molecular weight excluding hydrogens is 512 g/mol. The minimum atomic E-state index is -1.28. The SMILES string of the molecule is Cc1ccc(Nc2nccc(-c3cccnc3)n2)cc1NCc1ccc(C(=O)NC(CCC(=O)O)C(=O)O)cc1. The lowest BCUT2D eigenvalue weighted by molar-refractivity contribution is -0.140. The van der Waals surface area contributed by atoms with Gasteiger partial charge in [0.25, 0.3) is 5.91 Å². The number of carbonyl (C=O) groups excluding carboxylic acids is 1. The predicted octanol–water partition coefficient (Wildman–Crippen LogP) is 4.25. The molecule has 4 aromatic rings. The lowest BCUT2D eigenvalue weighted by Crippen LogP contribution is -2.41. The van der Waals surface area contributed by atoms with Gasteiger partial charge in [-0.15, -0.1) is 0 Å². The number of aryl methyl sites for hydroxylation is 1. The number of aliphatic carboxylic acids is 2. The molecule has 5 N–H and O–H groups in total. The number of carboxylic acid groups (broad SMARTS) is 2. The molecule has 0 aliphatic heterocycles. The monoisotopic (exact) mass is 540 g/mol.